The number of benzene rings is 1. The monoisotopic (exact) mass is 347 g/mol. The summed E-state index contributed by atoms with van der Waals surface area (Å²) in [7, 11) is 0. The molecule has 0 saturated carbocycles. The van der Waals surface area contributed by atoms with Crippen LogP contribution >= 0.6 is 11.6 Å². The molecule has 24 heavy (non-hydrogen) atoms. The Kier molecular flexibility index (Phi) is 6.14. The molecule has 6 nitrogen and oxygen atoms in total. The summed E-state index contributed by atoms with van der Waals surface area (Å²) in [6, 6.07) is 8.80. The molecule has 2 rings (SSSR count). The van der Waals surface area contributed by atoms with E-state index in [4.69, 9.17) is 16.0 Å². The van der Waals surface area contributed by atoms with Gasteiger partial charge in [-0.1, -0.05) is 17.7 Å². The second kappa shape index (κ2) is 8.31. The van der Waals surface area contributed by atoms with Gasteiger partial charge in [0.25, 0.3) is 0 Å². The highest BCUT2D eigenvalue weighted by Gasteiger charge is 2.09. The first-order valence-electron chi connectivity index (χ1n) is 7.39. The van der Waals surface area contributed by atoms with Crippen LogP contribution in [0.1, 0.15) is 29.9 Å². The second-order valence-electron chi connectivity index (χ2n) is 5.20. The van der Waals surface area contributed by atoms with Crippen LogP contribution in [0.15, 0.2) is 39.9 Å². The first-order chi connectivity index (χ1) is 11.5. The highest BCUT2D eigenvalue weighted by Crippen LogP contribution is 2.23. The molecule has 2 amide bonds. The summed E-state index contributed by atoms with van der Waals surface area (Å²) in [4.78, 5) is 23.6. The van der Waals surface area contributed by atoms with Gasteiger partial charge in [-0.05, 0) is 43.7 Å². The lowest BCUT2D eigenvalue weighted by Crippen LogP contribution is -2.20. The summed E-state index contributed by atoms with van der Waals surface area (Å²) in [5, 5.41) is 7.09. The number of carbonyl (C=O) groups is 2. The van der Waals surface area contributed by atoms with Gasteiger partial charge in [-0.25, -0.2) is 5.43 Å². The van der Waals surface area contributed by atoms with E-state index in [2.05, 4.69) is 15.8 Å². The van der Waals surface area contributed by atoms with E-state index in [1.54, 1.807) is 30.3 Å². The number of anilines is 1. The minimum absolute atomic E-state index is 0.0277. The fourth-order valence-corrected chi connectivity index (χ4v) is 2.10. The molecule has 2 aromatic rings. The molecule has 1 heterocycles. The third-order valence-corrected chi connectivity index (χ3v) is 3.67. The number of nitrogens with zero attached hydrogens (tertiary/aromatic N) is 1. The fraction of sp³-hybridized carbons (Fsp3) is 0.235. The van der Waals surface area contributed by atoms with E-state index in [1.165, 1.54) is 6.21 Å². The minimum atomic E-state index is -0.354. The van der Waals surface area contributed by atoms with Crippen LogP contribution in [0.4, 0.5) is 5.69 Å². The van der Waals surface area contributed by atoms with Crippen LogP contribution in [0.3, 0.4) is 0 Å². The minimum Gasteiger partial charge on any atom is -0.460 e. The van der Waals surface area contributed by atoms with Crippen molar-refractivity contribution in [2.75, 3.05) is 5.32 Å². The van der Waals surface area contributed by atoms with Gasteiger partial charge in [0.1, 0.15) is 11.5 Å². The standard InChI is InChI=1S/C17H18ClN3O3/c1-11-6-7-13(24-11)10-19-21-17(23)9-8-16(22)20-15-5-3-4-14(18)12(15)2/h3-7,10H,8-9H2,1-2H3,(H,20,22)(H,21,23)/b19-10-. The Bertz CT molecular complexity index is 768. The van der Waals surface area contributed by atoms with Gasteiger partial charge >= 0.3 is 0 Å². The number of aryl methyl sites for hydroxylation is 1. The van der Waals surface area contributed by atoms with Gasteiger partial charge in [-0.15, -0.1) is 0 Å². The Morgan fingerprint density at radius 2 is 1.92 bits per heavy atom. The number of carbonyl (C=O) groups excluding carboxylic acids is 2. The van der Waals surface area contributed by atoms with Crippen LogP contribution < -0.4 is 10.7 Å². The van der Waals surface area contributed by atoms with Gasteiger partial charge in [0.2, 0.25) is 11.8 Å². The molecule has 0 bridgehead atoms. The van der Waals surface area contributed by atoms with Crippen LogP contribution in [-0.2, 0) is 9.59 Å². The van der Waals surface area contributed by atoms with E-state index >= 15 is 0 Å². The van der Waals surface area contributed by atoms with E-state index in [0.717, 1.165) is 11.3 Å². The molecule has 126 valence electrons. The molecule has 1 aromatic heterocycles. The molecule has 0 aliphatic carbocycles. The van der Waals surface area contributed by atoms with Crippen molar-refractivity contribution in [1.29, 1.82) is 0 Å². The molecule has 0 radical (unpaired) electrons. The molecule has 0 spiro atoms. The molecule has 0 atom stereocenters. The summed E-state index contributed by atoms with van der Waals surface area (Å²) in [5.41, 5.74) is 3.77. The number of halogens is 1. The predicted octanol–water partition coefficient (Wildman–Crippen LogP) is 3.42. The van der Waals surface area contributed by atoms with E-state index < -0.39 is 0 Å². The van der Waals surface area contributed by atoms with Crippen LogP contribution in [0.2, 0.25) is 5.02 Å². The summed E-state index contributed by atoms with van der Waals surface area (Å²) < 4.78 is 5.28. The van der Waals surface area contributed by atoms with Crippen molar-refractivity contribution in [3.63, 3.8) is 0 Å². The molecular weight excluding hydrogens is 330 g/mol. The lowest BCUT2D eigenvalue weighted by Gasteiger charge is -2.09. The van der Waals surface area contributed by atoms with Gasteiger partial charge in [-0.3, -0.25) is 9.59 Å². The van der Waals surface area contributed by atoms with E-state index in [9.17, 15) is 9.59 Å². The summed E-state index contributed by atoms with van der Waals surface area (Å²) in [5.74, 6) is 0.686. The molecule has 0 unspecified atom stereocenters. The van der Waals surface area contributed by atoms with Gasteiger partial charge in [-0.2, -0.15) is 5.10 Å². The third kappa shape index (κ3) is 5.24. The Hall–Kier alpha value is -2.60. The van der Waals surface area contributed by atoms with Crippen molar-refractivity contribution < 1.29 is 14.0 Å². The highest BCUT2D eigenvalue weighted by atomic mass is 35.5. The lowest BCUT2D eigenvalue weighted by molar-refractivity contribution is -0.124. The summed E-state index contributed by atoms with van der Waals surface area (Å²) in [6.07, 6.45) is 1.48. The van der Waals surface area contributed by atoms with Crippen molar-refractivity contribution in [2.24, 2.45) is 5.10 Å². The highest BCUT2D eigenvalue weighted by molar-refractivity contribution is 6.31. The van der Waals surface area contributed by atoms with Crippen molar-refractivity contribution in [2.45, 2.75) is 26.7 Å². The molecule has 1 aromatic carbocycles. The molecule has 0 fully saturated rings. The quantitative estimate of drug-likeness (QED) is 0.620. The Morgan fingerprint density at radius 1 is 1.17 bits per heavy atom. The Balaban J connectivity index is 1.76. The molecule has 0 saturated heterocycles. The van der Waals surface area contributed by atoms with E-state index in [-0.39, 0.29) is 24.7 Å². The number of hydrogen-bond acceptors (Lipinski definition) is 4. The van der Waals surface area contributed by atoms with Crippen LogP contribution in [0.25, 0.3) is 0 Å². The van der Waals surface area contributed by atoms with Gasteiger partial charge in [0, 0.05) is 23.6 Å². The van der Waals surface area contributed by atoms with Crippen molar-refractivity contribution in [3.05, 3.63) is 52.4 Å². The zero-order chi connectivity index (χ0) is 17.5. The Morgan fingerprint density at radius 3 is 2.62 bits per heavy atom. The fourth-order valence-electron chi connectivity index (χ4n) is 1.93. The number of hydrogen-bond donors (Lipinski definition) is 2. The summed E-state index contributed by atoms with van der Waals surface area (Å²) in [6.45, 7) is 3.63. The predicted molar refractivity (Wildman–Crippen MR) is 93.2 cm³/mol. The molecule has 7 heteroatoms. The van der Waals surface area contributed by atoms with Crippen LogP contribution in [0.5, 0.6) is 0 Å². The molecular formula is C17H18ClN3O3. The average molecular weight is 348 g/mol. The molecule has 2 N–H and O–H groups in total. The van der Waals surface area contributed by atoms with E-state index in [0.29, 0.717) is 16.5 Å². The SMILES string of the molecule is Cc1ccc(/C=N\NC(=O)CCC(=O)Nc2cccc(Cl)c2C)o1. The number of rotatable bonds is 6. The van der Waals surface area contributed by atoms with Crippen molar-refractivity contribution in [3.8, 4) is 0 Å². The van der Waals surface area contributed by atoms with E-state index in [1.807, 2.05) is 13.8 Å². The number of nitrogens with one attached hydrogen (secondary N) is 2. The number of hydrazone groups is 1. The largest absolute Gasteiger partial charge is 0.460 e. The number of furan rings is 1. The third-order valence-electron chi connectivity index (χ3n) is 3.26. The Labute approximate surface area is 144 Å². The van der Waals surface area contributed by atoms with Crippen LogP contribution in [0, 0.1) is 13.8 Å². The number of amides is 2. The summed E-state index contributed by atoms with van der Waals surface area (Å²) >= 11 is 6.00. The first-order valence-corrected chi connectivity index (χ1v) is 7.77. The smallest absolute Gasteiger partial charge is 0.240 e. The molecule has 0 aliphatic heterocycles. The maximum atomic E-state index is 11.9. The normalized spacial score (nSPS) is 10.8. The zero-order valence-electron chi connectivity index (χ0n) is 13.4. The van der Waals surface area contributed by atoms with Crippen molar-refractivity contribution in [1.82, 2.24) is 5.43 Å². The maximum Gasteiger partial charge on any atom is 0.240 e. The van der Waals surface area contributed by atoms with Crippen molar-refractivity contribution >= 4 is 35.3 Å². The van der Waals surface area contributed by atoms with Gasteiger partial charge in [0.15, 0.2) is 0 Å². The van der Waals surface area contributed by atoms with Gasteiger partial charge in [0.05, 0.1) is 6.21 Å². The van der Waals surface area contributed by atoms with Crippen LogP contribution in [-0.4, -0.2) is 18.0 Å². The first kappa shape index (κ1) is 17.7. The maximum absolute atomic E-state index is 11.9. The average Bonchev–Trinajstić information content (AvgIpc) is 2.95. The van der Waals surface area contributed by atoms with Gasteiger partial charge < -0.3 is 9.73 Å². The molecule has 0 aliphatic rings. The zero-order valence-corrected chi connectivity index (χ0v) is 14.2. The second-order valence-corrected chi connectivity index (χ2v) is 5.61. The lowest BCUT2D eigenvalue weighted by atomic mass is 10.2. The topological polar surface area (TPSA) is 83.7 Å².